The number of benzene rings is 1. The molecule has 1 amide bonds. The van der Waals surface area contributed by atoms with Crippen molar-refractivity contribution < 1.29 is 9.53 Å². The van der Waals surface area contributed by atoms with Crippen LogP contribution in [0.2, 0.25) is 5.02 Å². The second-order valence-electron chi connectivity index (χ2n) is 2.81. The van der Waals surface area contributed by atoms with E-state index < -0.39 is 6.09 Å². The number of halogens is 2. The van der Waals surface area contributed by atoms with Crippen molar-refractivity contribution in [1.29, 1.82) is 0 Å². The molecule has 0 aromatic heterocycles. The lowest BCUT2D eigenvalue weighted by Crippen LogP contribution is -2.14. The number of rotatable bonds is 4. The van der Waals surface area contributed by atoms with Gasteiger partial charge in [0.2, 0.25) is 0 Å². The van der Waals surface area contributed by atoms with Crippen molar-refractivity contribution in [3.05, 3.63) is 29.3 Å². The van der Waals surface area contributed by atoms with Crippen LogP contribution in [-0.2, 0) is 4.74 Å². The highest BCUT2D eigenvalue weighted by molar-refractivity contribution is 6.30. The fraction of sp³-hybridized carbons (Fsp3) is 0.300. The van der Waals surface area contributed by atoms with Crippen molar-refractivity contribution >= 4 is 35.0 Å². The molecule has 0 heterocycles. The average Bonchev–Trinajstić information content (AvgIpc) is 2.22. The topological polar surface area (TPSA) is 38.3 Å². The standard InChI is InChI=1S/C10H11Cl2NO2/c11-6-1-7-15-10(14)13-9-4-2-8(12)3-5-9/h2-5H,1,6-7H2,(H,13,14). The lowest BCUT2D eigenvalue weighted by Gasteiger charge is -2.05. The molecule has 0 unspecified atom stereocenters. The summed E-state index contributed by atoms with van der Waals surface area (Å²) < 4.78 is 4.85. The number of carbonyl (C=O) groups excluding carboxylic acids is 1. The molecule has 0 aliphatic heterocycles. The van der Waals surface area contributed by atoms with E-state index in [-0.39, 0.29) is 0 Å². The van der Waals surface area contributed by atoms with Crippen LogP contribution in [-0.4, -0.2) is 18.6 Å². The summed E-state index contributed by atoms with van der Waals surface area (Å²) in [5.74, 6) is 0.480. The molecule has 5 heteroatoms. The molecule has 82 valence electrons. The number of nitrogens with one attached hydrogen (secondary N) is 1. The van der Waals surface area contributed by atoms with Gasteiger partial charge >= 0.3 is 6.09 Å². The highest BCUT2D eigenvalue weighted by atomic mass is 35.5. The van der Waals surface area contributed by atoms with E-state index in [2.05, 4.69) is 5.32 Å². The molecular formula is C10H11Cl2NO2. The van der Waals surface area contributed by atoms with Gasteiger partial charge in [0.25, 0.3) is 0 Å². The molecule has 1 N–H and O–H groups in total. The Balaban J connectivity index is 2.34. The van der Waals surface area contributed by atoms with Crippen molar-refractivity contribution in [3.63, 3.8) is 0 Å². The number of ether oxygens (including phenoxy) is 1. The summed E-state index contributed by atoms with van der Waals surface area (Å²) in [5, 5.41) is 3.19. The molecule has 0 saturated carbocycles. The van der Waals surface area contributed by atoms with Crippen molar-refractivity contribution in [2.75, 3.05) is 17.8 Å². The van der Waals surface area contributed by atoms with Gasteiger partial charge in [-0.1, -0.05) is 11.6 Å². The van der Waals surface area contributed by atoms with Crippen LogP contribution in [0.25, 0.3) is 0 Å². The highest BCUT2D eigenvalue weighted by Crippen LogP contribution is 2.13. The monoisotopic (exact) mass is 247 g/mol. The fourth-order valence-corrected chi connectivity index (χ4v) is 1.14. The minimum Gasteiger partial charge on any atom is -0.449 e. The maximum absolute atomic E-state index is 11.2. The lowest BCUT2D eigenvalue weighted by atomic mass is 10.3. The van der Waals surface area contributed by atoms with Crippen molar-refractivity contribution in [2.24, 2.45) is 0 Å². The predicted octanol–water partition coefficient (Wildman–Crippen LogP) is 3.52. The fourth-order valence-electron chi connectivity index (χ4n) is 0.907. The summed E-state index contributed by atoms with van der Waals surface area (Å²) in [6.07, 6.45) is 0.165. The number of hydrogen-bond acceptors (Lipinski definition) is 2. The van der Waals surface area contributed by atoms with Gasteiger partial charge in [0, 0.05) is 16.6 Å². The number of hydrogen-bond donors (Lipinski definition) is 1. The molecular weight excluding hydrogens is 237 g/mol. The van der Waals surface area contributed by atoms with Crippen LogP contribution in [0.3, 0.4) is 0 Å². The summed E-state index contributed by atoms with van der Waals surface area (Å²) in [4.78, 5) is 11.2. The Morgan fingerprint density at radius 2 is 2.00 bits per heavy atom. The van der Waals surface area contributed by atoms with E-state index in [1.807, 2.05) is 0 Å². The third kappa shape index (κ3) is 4.91. The maximum atomic E-state index is 11.2. The smallest absolute Gasteiger partial charge is 0.411 e. The first kappa shape index (κ1) is 12.1. The summed E-state index contributed by atoms with van der Waals surface area (Å²) in [5.41, 5.74) is 0.648. The van der Waals surface area contributed by atoms with E-state index in [0.717, 1.165) is 0 Å². The molecule has 15 heavy (non-hydrogen) atoms. The second kappa shape index (κ2) is 6.53. The number of anilines is 1. The Kier molecular flexibility index (Phi) is 5.29. The van der Waals surface area contributed by atoms with Gasteiger partial charge in [-0.15, -0.1) is 11.6 Å². The van der Waals surface area contributed by atoms with Gasteiger partial charge in [0.05, 0.1) is 6.61 Å². The zero-order chi connectivity index (χ0) is 11.1. The van der Waals surface area contributed by atoms with E-state index in [0.29, 0.717) is 29.6 Å². The van der Waals surface area contributed by atoms with Crippen LogP contribution >= 0.6 is 23.2 Å². The maximum Gasteiger partial charge on any atom is 0.411 e. The molecule has 0 bridgehead atoms. The van der Waals surface area contributed by atoms with Gasteiger partial charge in [0.15, 0.2) is 0 Å². The normalized spacial score (nSPS) is 9.73. The molecule has 0 saturated heterocycles. The Morgan fingerprint density at radius 1 is 1.33 bits per heavy atom. The SMILES string of the molecule is O=C(Nc1ccc(Cl)cc1)OCCCCl. The zero-order valence-corrected chi connectivity index (χ0v) is 9.52. The highest BCUT2D eigenvalue weighted by Gasteiger charge is 2.01. The van der Waals surface area contributed by atoms with Crippen LogP contribution in [0, 0.1) is 0 Å². The largest absolute Gasteiger partial charge is 0.449 e. The van der Waals surface area contributed by atoms with Crippen LogP contribution in [0.1, 0.15) is 6.42 Å². The minimum absolute atomic E-state index is 0.322. The summed E-state index contributed by atoms with van der Waals surface area (Å²) >= 11 is 11.1. The Bertz CT molecular complexity index is 314. The van der Waals surface area contributed by atoms with Gasteiger partial charge in [-0.2, -0.15) is 0 Å². The molecule has 0 fully saturated rings. The number of alkyl halides is 1. The molecule has 3 nitrogen and oxygen atoms in total. The van der Waals surface area contributed by atoms with Gasteiger partial charge in [-0.3, -0.25) is 5.32 Å². The minimum atomic E-state index is -0.484. The van der Waals surface area contributed by atoms with Gasteiger partial charge in [0.1, 0.15) is 0 Å². The van der Waals surface area contributed by atoms with Crippen LogP contribution in [0.4, 0.5) is 10.5 Å². The first-order chi connectivity index (χ1) is 7.22. The molecule has 0 aliphatic carbocycles. The van der Waals surface area contributed by atoms with E-state index >= 15 is 0 Å². The van der Waals surface area contributed by atoms with Gasteiger partial charge in [-0.05, 0) is 30.7 Å². The first-order valence-corrected chi connectivity index (χ1v) is 5.39. The van der Waals surface area contributed by atoms with E-state index in [1.54, 1.807) is 24.3 Å². The van der Waals surface area contributed by atoms with Gasteiger partial charge < -0.3 is 4.74 Å². The quantitative estimate of drug-likeness (QED) is 0.654. The third-order valence-corrected chi connectivity index (χ3v) is 2.12. The van der Waals surface area contributed by atoms with Crippen molar-refractivity contribution in [2.45, 2.75) is 6.42 Å². The molecule has 0 aliphatic rings. The second-order valence-corrected chi connectivity index (χ2v) is 3.62. The summed E-state index contributed by atoms with van der Waals surface area (Å²) in [6, 6.07) is 6.78. The van der Waals surface area contributed by atoms with Crippen LogP contribution < -0.4 is 5.32 Å². The summed E-state index contributed by atoms with van der Waals surface area (Å²) in [7, 11) is 0. The average molecular weight is 248 g/mol. The zero-order valence-electron chi connectivity index (χ0n) is 8.00. The molecule has 1 aromatic carbocycles. The predicted molar refractivity (Wildman–Crippen MR) is 61.8 cm³/mol. The van der Waals surface area contributed by atoms with Crippen LogP contribution in [0.15, 0.2) is 24.3 Å². The summed E-state index contributed by atoms with van der Waals surface area (Å²) in [6.45, 7) is 0.322. The Morgan fingerprint density at radius 3 is 2.60 bits per heavy atom. The van der Waals surface area contributed by atoms with E-state index in [9.17, 15) is 4.79 Å². The number of carbonyl (C=O) groups is 1. The molecule has 1 aromatic rings. The van der Waals surface area contributed by atoms with E-state index in [1.165, 1.54) is 0 Å². The molecule has 0 spiro atoms. The van der Waals surface area contributed by atoms with Crippen LogP contribution in [0.5, 0.6) is 0 Å². The Labute approximate surface area is 98.3 Å². The number of amides is 1. The third-order valence-electron chi connectivity index (χ3n) is 1.60. The van der Waals surface area contributed by atoms with Crippen molar-refractivity contribution in [1.82, 2.24) is 0 Å². The van der Waals surface area contributed by atoms with E-state index in [4.69, 9.17) is 27.9 Å². The molecule has 0 atom stereocenters. The lowest BCUT2D eigenvalue weighted by molar-refractivity contribution is 0.162. The Hall–Kier alpha value is -0.930. The van der Waals surface area contributed by atoms with Crippen molar-refractivity contribution in [3.8, 4) is 0 Å². The van der Waals surface area contributed by atoms with Gasteiger partial charge in [-0.25, -0.2) is 4.79 Å². The molecule has 1 rings (SSSR count). The molecule has 0 radical (unpaired) electrons. The first-order valence-electron chi connectivity index (χ1n) is 4.47.